The van der Waals surface area contributed by atoms with Crippen LogP contribution in [-0.4, -0.2) is 19.5 Å². The van der Waals surface area contributed by atoms with Crippen LogP contribution in [0.3, 0.4) is 0 Å². The van der Waals surface area contributed by atoms with Crippen LogP contribution in [0.25, 0.3) is 150 Å². The van der Waals surface area contributed by atoms with Gasteiger partial charge in [0.25, 0.3) is 0 Å². The fourth-order valence-electron chi connectivity index (χ4n) is 12.3. The van der Waals surface area contributed by atoms with E-state index < -0.39 is 0 Å². The zero-order valence-electron chi connectivity index (χ0n) is 46.5. The number of fused-ring (bicyclic) bond motifs is 3. The fraction of sp³-hybridized carbons (Fsp3) is 0. The van der Waals surface area contributed by atoms with Crippen LogP contribution in [0, 0.1) is 0 Å². The Morgan fingerprint density at radius 3 is 1.14 bits per heavy atom. The van der Waals surface area contributed by atoms with Gasteiger partial charge in [0.05, 0.1) is 28.1 Å². The second kappa shape index (κ2) is 22.2. The second-order valence-corrected chi connectivity index (χ2v) is 21.5. The lowest BCUT2D eigenvalue weighted by molar-refractivity contribution is 1.17. The van der Waals surface area contributed by atoms with E-state index in [4.69, 9.17) is 4.98 Å². The molecule has 0 aliphatic carbocycles. The predicted octanol–water partition coefficient (Wildman–Crippen LogP) is 21.3. The zero-order valence-corrected chi connectivity index (χ0v) is 46.5. The SMILES string of the molecule is c1ccc(-c2ccc(-c3cc(-c4cc5c(cn4)c4ccccc4n5-c4ccccc4)ccc3-c3ccccc3-c3cc(-c4ccccc4-c4ccc(-c5ccccn5)cc4)cc(-c4ccccc4-c4ccc(-c5ccccn5)cc4)c3)cc2)cc1. The maximum absolute atomic E-state index is 5.24. The molecule has 4 aromatic heterocycles. The molecular formula is C81H54N4. The van der Waals surface area contributed by atoms with Crippen LogP contribution in [0.5, 0.6) is 0 Å². The Morgan fingerprint density at radius 1 is 0.200 bits per heavy atom. The highest BCUT2D eigenvalue weighted by molar-refractivity contribution is 6.10. The maximum Gasteiger partial charge on any atom is 0.0723 e. The summed E-state index contributed by atoms with van der Waals surface area (Å²) >= 11 is 0. The summed E-state index contributed by atoms with van der Waals surface area (Å²) in [5.74, 6) is 0. The molecule has 11 aromatic carbocycles. The first-order valence-electron chi connectivity index (χ1n) is 28.9. The van der Waals surface area contributed by atoms with Crippen LogP contribution in [-0.2, 0) is 0 Å². The molecule has 0 unspecified atom stereocenters. The van der Waals surface area contributed by atoms with Gasteiger partial charge in [-0.1, -0.05) is 237 Å². The Labute approximate surface area is 495 Å². The van der Waals surface area contributed by atoms with E-state index in [0.717, 1.165) is 134 Å². The van der Waals surface area contributed by atoms with Crippen LogP contribution in [0.2, 0.25) is 0 Å². The van der Waals surface area contributed by atoms with Gasteiger partial charge in [0.2, 0.25) is 0 Å². The molecule has 398 valence electrons. The molecule has 4 heterocycles. The summed E-state index contributed by atoms with van der Waals surface area (Å²) in [4.78, 5) is 14.5. The Bertz CT molecular complexity index is 4740. The van der Waals surface area contributed by atoms with E-state index in [2.05, 4.69) is 306 Å². The smallest absolute Gasteiger partial charge is 0.0723 e. The highest BCUT2D eigenvalue weighted by atomic mass is 15.0. The number of aromatic nitrogens is 4. The third-order valence-electron chi connectivity index (χ3n) is 16.4. The standard InChI is InChI=1S/C81H54N4/c1-3-19-55(20-4-1)56-33-35-59(36-34-56)75-52-62(79-53-81-76(54-84-79)74-29-13-14-32-80(74)85(81)66-21-5-2-6-22-66)45-46-73(75)72-28-12-11-27-71(72)65-50-63(69-25-9-7-23-67(69)57-37-41-60(42-38-57)77-30-15-17-47-82-77)49-64(51-65)70-26-10-8-24-68(70)58-39-43-61(44-40-58)78-31-16-18-48-83-78/h1-54H. The lowest BCUT2D eigenvalue weighted by Gasteiger charge is -2.19. The molecule has 15 rings (SSSR count). The molecule has 0 amide bonds. The van der Waals surface area contributed by atoms with Gasteiger partial charge in [-0.3, -0.25) is 15.0 Å². The van der Waals surface area contributed by atoms with Crippen LogP contribution < -0.4 is 0 Å². The zero-order chi connectivity index (χ0) is 56.5. The van der Waals surface area contributed by atoms with Crippen molar-refractivity contribution in [2.24, 2.45) is 0 Å². The van der Waals surface area contributed by atoms with Crippen molar-refractivity contribution in [3.63, 3.8) is 0 Å². The minimum absolute atomic E-state index is 0.905. The average molecular weight is 1080 g/mol. The molecular weight excluding hydrogens is 1030 g/mol. The number of rotatable bonds is 12. The van der Waals surface area contributed by atoms with Crippen molar-refractivity contribution in [3.8, 4) is 128 Å². The van der Waals surface area contributed by atoms with Gasteiger partial charge in [0.1, 0.15) is 0 Å². The first kappa shape index (κ1) is 50.6. The quantitative estimate of drug-likeness (QED) is 0.122. The highest BCUT2D eigenvalue weighted by Crippen LogP contribution is 2.46. The third kappa shape index (κ3) is 9.78. The van der Waals surface area contributed by atoms with Crippen molar-refractivity contribution in [2.45, 2.75) is 0 Å². The monoisotopic (exact) mass is 1080 g/mol. The van der Waals surface area contributed by atoms with E-state index in [1.54, 1.807) is 0 Å². The van der Waals surface area contributed by atoms with E-state index in [0.29, 0.717) is 0 Å². The summed E-state index contributed by atoms with van der Waals surface area (Å²) in [7, 11) is 0. The molecule has 0 saturated heterocycles. The van der Waals surface area contributed by atoms with Crippen LogP contribution >= 0.6 is 0 Å². The Morgan fingerprint density at radius 2 is 0.600 bits per heavy atom. The van der Waals surface area contributed by atoms with Crippen LogP contribution in [0.4, 0.5) is 0 Å². The maximum atomic E-state index is 5.24. The normalized spacial score (nSPS) is 11.3. The van der Waals surface area contributed by atoms with Gasteiger partial charge in [-0.05, 0) is 162 Å². The average Bonchev–Trinajstić information content (AvgIpc) is 2.24. The molecule has 0 aliphatic heterocycles. The Balaban J connectivity index is 0.910. The molecule has 0 N–H and O–H groups in total. The first-order chi connectivity index (χ1) is 42.1. The van der Waals surface area contributed by atoms with Gasteiger partial charge >= 0.3 is 0 Å². The highest BCUT2D eigenvalue weighted by Gasteiger charge is 2.21. The summed E-state index contributed by atoms with van der Waals surface area (Å²) in [5.41, 5.74) is 27.5. The van der Waals surface area contributed by atoms with Crippen molar-refractivity contribution in [3.05, 3.63) is 328 Å². The van der Waals surface area contributed by atoms with E-state index in [1.165, 1.54) is 16.5 Å². The molecule has 4 heteroatoms. The number of pyridine rings is 3. The summed E-state index contributed by atoms with van der Waals surface area (Å²) in [6.07, 6.45) is 5.75. The predicted molar refractivity (Wildman–Crippen MR) is 354 cm³/mol. The minimum Gasteiger partial charge on any atom is -0.309 e. The summed E-state index contributed by atoms with van der Waals surface area (Å²) in [6.45, 7) is 0. The number of hydrogen-bond donors (Lipinski definition) is 0. The van der Waals surface area contributed by atoms with Gasteiger partial charge in [0, 0.05) is 51.7 Å². The lowest BCUT2D eigenvalue weighted by atomic mass is 9.84. The molecule has 85 heavy (non-hydrogen) atoms. The summed E-state index contributed by atoms with van der Waals surface area (Å²) < 4.78 is 2.36. The third-order valence-corrected chi connectivity index (χ3v) is 16.4. The van der Waals surface area contributed by atoms with Gasteiger partial charge in [-0.15, -0.1) is 0 Å². The van der Waals surface area contributed by atoms with Crippen LogP contribution in [0.1, 0.15) is 0 Å². The molecule has 0 radical (unpaired) electrons. The van der Waals surface area contributed by atoms with Gasteiger partial charge in [-0.25, -0.2) is 0 Å². The van der Waals surface area contributed by atoms with E-state index >= 15 is 0 Å². The molecule has 15 aromatic rings. The van der Waals surface area contributed by atoms with Gasteiger partial charge in [-0.2, -0.15) is 0 Å². The first-order valence-corrected chi connectivity index (χ1v) is 28.9. The molecule has 0 saturated carbocycles. The molecule has 0 aliphatic rings. The van der Waals surface area contributed by atoms with Crippen LogP contribution in [0.15, 0.2) is 328 Å². The fourth-order valence-corrected chi connectivity index (χ4v) is 12.3. The minimum atomic E-state index is 0.905. The lowest BCUT2D eigenvalue weighted by Crippen LogP contribution is -1.95. The number of benzene rings is 11. The van der Waals surface area contributed by atoms with Gasteiger partial charge < -0.3 is 4.57 Å². The number of para-hydroxylation sites is 2. The molecule has 0 fully saturated rings. The van der Waals surface area contributed by atoms with Crippen molar-refractivity contribution in [1.29, 1.82) is 0 Å². The van der Waals surface area contributed by atoms with Crippen molar-refractivity contribution < 1.29 is 0 Å². The van der Waals surface area contributed by atoms with E-state index in [9.17, 15) is 0 Å². The Hall–Kier alpha value is -11.3. The second-order valence-electron chi connectivity index (χ2n) is 21.5. The molecule has 0 atom stereocenters. The number of nitrogens with zero attached hydrogens (tertiary/aromatic N) is 4. The van der Waals surface area contributed by atoms with Gasteiger partial charge in [0.15, 0.2) is 0 Å². The van der Waals surface area contributed by atoms with E-state index in [-0.39, 0.29) is 0 Å². The van der Waals surface area contributed by atoms with Crippen molar-refractivity contribution >= 4 is 21.8 Å². The summed E-state index contributed by atoms with van der Waals surface area (Å²) in [5, 5.41) is 2.30. The largest absolute Gasteiger partial charge is 0.309 e. The molecule has 0 bridgehead atoms. The van der Waals surface area contributed by atoms with Crippen molar-refractivity contribution in [1.82, 2.24) is 19.5 Å². The molecule has 4 nitrogen and oxygen atoms in total. The summed E-state index contributed by atoms with van der Waals surface area (Å²) in [6, 6.07) is 112. The van der Waals surface area contributed by atoms with E-state index in [1.807, 2.05) is 36.7 Å². The Kier molecular flexibility index (Phi) is 13.2. The topological polar surface area (TPSA) is 43.6 Å². The number of hydrogen-bond acceptors (Lipinski definition) is 3. The molecule has 0 spiro atoms. The van der Waals surface area contributed by atoms with Crippen molar-refractivity contribution in [2.75, 3.05) is 0 Å².